The number of amides is 1. The zero-order valence-corrected chi connectivity index (χ0v) is 9.43. The molecule has 0 saturated carbocycles. The highest BCUT2D eigenvalue weighted by Crippen LogP contribution is 2.29. The maximum Gasteiger partial charge on any atom is 0.258 e. The quantitative estimate of drug-likeness (QED) is 0.771. The van der Waals surface area contributed by atoms with E-state index in [1.807, 2.05) is 0 Å². The molecule has 1 aliphatic heterocycles. The number of carbonyl (C=O) groups is 2. The molecule has 0 atom stereocenters. The molecule has 1 aromatic carbocycles. The van der Waals surface area contributed by atoms with Gasteiger partial charge in [-0.2, -0.15) is 5.26 Å². The first-order valence-corrected chi connectivity index (χ1v) is 5.27. The summed E-state index contributed by atoms with van der Waals surface area (Å²) in [6.45, 7) is -0.195. The summed E-state index contributed by atoms with van der Waals surface area (Å²) < 4.78 is 10.4. The molecule has 0 aromatic heterocycles. The van der Waals surface area contributed by atoms with Gasteiger partial charge < -0.3 is 14.8 Å². The van der Waals surface area contributed by atoms with Gasteiger partial charge in [-0.1, -0.05) is 0 Å². The Labute approximate surface area is 103 Å². The van der Waals surface area contributed by atoms with E-state index in [1.165, 1.54) is 0 Å². The Hall–Kier alpha value is -2.55. The number of nitrogens with one attached hydrogen (secondary N) is 1. The molecule has 0 bridgehead atoms. The normalized spacial score (nSPS) is 12.3. The molecule has 18 heavy (non-hydrogen) atoms. The van der Waals surface area contributed by atoms with Gasteiger partial charge in [-0.05, 0) is 12.1 Å². The van der Waals surface area contributed by atoms with Crippen LogP contribution >= 0.6 is 0 Å². The number of rotatable bonds is 4. The van der Waals surface area contributed by atoms with Crippen LogP contribution in [0, 0.1) is 11.3 Å². The lowest BCUT2D eigenvalue weighted by Gasteiger charge is -2.06. The van der Waals surface area contributed by atoms with Crippen molar-refractivity contribution in [2.45, 2.75) is 0 Å². The lowest BCUT2D eigenvalue weighted by atomic mass is 10.1. The third-order valence-electron chi connectivity index (χ3n) is 2.35. The highest BCUT2D eigenvalue weighted by atomic mass is 16.5. The van der Waals surface area contributed by atoms with E-state index >= 15 is 0 Å². The first-order valence-electron chi connectivity index (χ1n) is 5.27. The Morgan fingerprint density at radius 2 is 2.39 bits per heavy atom. The Morgan fingerprint density at radius 1 is 1.56 bits per heavy atom. The van der Waals surface area contributed by atoms with Gasteiger partial charge in [0.1, 0.15) is 18.0 Å². The van der Waals surface area contributed by atoms with Gasteiger partial charge in [0.25, 0.3) is 5.91 Å². The molecular weight excluding hydrogens is 236 g/mol. The van der Waals surface area contributed by atoms with Gasteiger partial charge in [0, 0.05) is 6.07 Å². The standard InChI is InChI=1S/C12H10N2O4/c13-3-4-14-12(16)7-17-8-1-2-9-10(15)6-18-11(9)5-8/h1-2,5H,4,6-7H2,(H,14,16). The number of hydrogen-bond donors (Lipinski definition) is 1. The van der Waals surface area contributed by atoms with Crippen LogP contribution in [0.2, 0.25) is 0 Å². The average Bonchev–Trinajstić information content (AvgIpc) is 2.75. The number of Topliss-reactive ketones (excluding diaryl/α,β-unsaturated/α-hetero) is 1. The molecule has 92 valence electrons. The molecule has 1 aromatic rings. The summed E-state index contributed by atoms with van der Waals surface area (Å²) in [6, 6.07) is 6.56. The Morgan fingerprint density at radius 3 is 3.17 bits per heavy atom. The predicted molar refractivity (Wildman–Crippen MR) is 60.4 cm³/mol. The zero-order valence-electron chi connectivity index (χ0n) is 9.43. The van der Waals surface area contributed by atoms with Crippen LogP contribution in [0.3, 0.4) is 0 Å². The molecule has 0 fully saturated rings. The van der Waals surface area contributed by atoms with Crippen LogP contribution in [0.4, 0.5) is 0 Å². The Balaban J connectivity index is 1.93. The molecule has 6 nitrogen and oxygen atoms in total. The number of benzene rings is 1. The molecular formula is C12H10N2O4. The van der Waals surface area contributed by atoms with Crippen molar-refractivity contribution in [3.05, 3.63) is 23.8 Å². The number of nitriles is 1. The maximum atomic E-state index is 11.3. The minimum absolute atomic E-state index is 0.0431. The minimum Gasteiger partial charge on any atom is -0.485 e. The number of carbonyl (C=O) groups excluding carboxylic acids is 2. The molecule has 1 N–H and O–H groups in total. The fraction of sp³-hybridized carbons (Fsp3) is 0.250. The number of nitrogens with zero attached hydrogens (tertiary/aromatic N) is 1. The molecule has 0 saturated heterocycles. The van der Waals surface area contributed by atoms with Crippen molar-refractivity contribution in [2.75, 3.05) is 19.8 Å². The van der Waals surface area contributed by atoms with Crippen molar-refractivity contribution >= 4 is 11.7 Å². The molecule has 0 aliphatic carbocycles. The molecule has 0 spiro atoms. The molecule has 1 heterocycles. The van der Waals surface area contributed by atoms with Crippen LogP contribution in [0.15, 0.2) is 18.2 Å². The molecule has 1 aliphatic rings. The van der Waals surface area contributed by atoms with Crippen LogP contribution in [0.1, 0.15) is 10.4 Å². The van der Waals surface area contributed by atoms with E-state index in [-0.39, 0.29) is 31.4 Å². The number of fused-ring (bicyclic) bond motifs is 1. The highest BCUT2D eigenvalue weighted by Gasteiger charge is 2.21. The van der Waals surface area contributed by atoms with Gasteiger partial charge in [-0.3, -0.25) is 9.59 Å². The van der Waals surface area contributed by atoms with Crippen molar-refractivity contribution in [2.24, 2.45) is 0 Å². The third kappa shape index (κ3) is 2.58. The van der Waals surface area contributed by atoms with Gasteiger partial charge in [-0.25, -0.2) is 0 Å². The lowest BCUT2D eigenvalue weighted by molar-refractivity contribution is -0.122. The average molecular weight is 246 g/mol. The van der Waals surface area contributed by atoms with Gasteiger partial charge in [0.2, 0.25) is 5.78 Å². The minimum atomic E-state index is -0.381. The smallest absolute Gasteiger partial charge is 0.258 e. The summed E-state index contributed by atoms with van der Waals surface area (Å²) >= 11 is 0. The monoisotopic (exact) mass is 246 g/mol. The van der Waals surface area contributed by atoms with E-state index in [0.29, 0.717) is 17.1 Å². The molecule has 0 unspecified atom stereocenters. The van der Waals surface area contributed by atoms with Crippen molar-refractivity contribution in [3.8, 4) is 17.6 Å². The molecule has 1 amide bonds. The Bertz CT molecular complexity index is 533. The zero-order chi connectivity index (χ0) is 13.0. The fourth-order valence-electron chi connectivity index (χ4n) is 1.50. The first kappa shape index (κ1) is 11.9. The highest BCUT2D eigenvalue weighted by molar-refractivity contribution is 6.02. The third-order valence-corrected chi connectivity index (χ3v) is 2.35. The van der Waals surface area contributed by atoms with Gasteiger partial charge in [0.05, 0.1) is 11.6 Å². The Kier molecular flexibility index (Phi) is 3.44. The number of ketones is 1. The summed E-state index contributed by atoms with van der Waals surface area (Å²) in [5, 5.41) is 10.6. The van der Waals surface area contributed by atoms with Gasteiger partial charge in [0.15, 0.2) is 13.2 Å². The van der Waals surface area contributed by atoms with Crippen LogP contribution in [-0.4, -0.2) is 31.4 Å². The van der Waals surface area contributed by atoms with E-state index in [2.05, 4.69) is 5.32 Å². The van der Waals surface area contributed by atoms with E-state index < -0.39 is 0 Å². The maximum absolute atomic E-state index is 11.3. The summed E-state index contributed by atoms with van der Waals surface area (Å²) in [4.78, 5) is 22.5. The molecule has 2 rings (SSSR count). The summed E-state index contributed by atoms with van der Waals surface area (Å²) in [5.74, 6) is 0.461. The second kappa shape index (κ2) is 5.19. The number of ether oxygens (including phenoxy) is 2. The van der Waals surface area contributed by atoms with E-state index in [1.54, 1.807) is 24.3 Å². The summed E-state index contributed by atoms with van der Waals surface area (Å²) in [6.07, 6.45) is 0. The van der Waals surface area contributed by atoms with E-state index in [0.717, 1.165) is 0 Å². The lowest BCUT2D eigenvalue weighted by Crippen LogP contribution is -2.29. The fourth-order valence-corrected chi connectivity index (χ4v) is 1.50. The van der Waals surface area contributed by atoms with Crippen molar-refractivity contribution < 1.29 is 19.1 Å². The molecule has 6 heteroatoms. The topological polar surface area (TPSA) is 88.4 Å². The summed E-state index contributed by atoms with van der Waals surface area (Å²) in [7, 11) is 0. The second-order valence-electron chi connectivity index (χ2n) is 3.59. The van der Waals surface area contributed by atoms with Crippen molar-refractivity contribution in [1.29, 1.82) is 5.26 Å². The largest absolute Gasteiger partial charge is 0.485 e. The van der Waals surface area contributed by atoms with Crippen LogP contribution < -0.4 is 14.8 Å². The van der Waals surface area contributed by atoms with Crippen molar-refractivity contribution in [3.63, 3.8) is 0 Å². The number of hydrogen-bond acceptors (Lipinski definition) is 5. The SMILES string of the molecule is N#CCNC(=O)COc1ccc2c(c1)OCC2=O. The van der Waals surface area contributed by atoms with E-state index in [4.69, 9.17) is 14.7 Å². The molecule has 0 radical (unpaired) electrons. The van der Waals surface area contributed by atoms with E-state index in [9.17, 15) is 9.59 Å². The predicted octanol–water partition coefficient (Wildman–Crippen LogP) is 0.280. The van der Waals surface area contributed by atoms with Gasteiger partial charge >= 0.3 is 0 Å². The van der Waals surface area contributed by atoms with Gasteiger partial charge in [-0.15, -0.1) is 0 Å². The van der Waals surface area contributed by atoms with Crippen LogP contribution in [-0.2, 0) is 4.79 Å². The van der Waals surface area contributed by atoms with Crippen LogP contribution in [0.5, 0.6) is 11.5 Å². The summed E-state index contributed by atoms with van der Waals surface area (Å²) in [5.41, 5.74) is 0.524. The van der Waals surface area contributed by atoms with Crippen LogP contribution in [0.25, 0.3) is 0 Å². The first-order chi connectivity index (χ1) is 8.70. The van der Waals surface area contributed by atoms with Crippen molar-refractivity contribution in [1.82, 2.24) is 5.32 Å². The second-order valence-corrected chi connectivity index (χ2v) is 3.59.